The van der Waals surface area contributed by atoms with Gasteiger partial charge in [0.1, 0.15) is 13.2 Å². The maximum absolute atomic E-state index is 12.5. The molecule has 0 fully saturated rings. The number of esters is 1. The first kappa shape index (κ1) is 19.9. The molecule has 0 amide bonds. The average Bonchev–Trinajstić information content (AvgIpc) is 2.98. The number of nitrogens with zero attached hydrogens (tertiary/aromatic N) is 1. The van der Waals surface area contributed by atoms with Gasteiger partial charge in [0.2, 0.25) is 5.78 Å². The van der Waals surface area contributed by atoms with E-state index in [-0.39, 0.29) is 18.8 Å². The van der Waals surface area contributed by atoms with Gasteiger partial charge in [-0.25, -0.2) is 0 Å². The van der Waals surface area contributed by atoms with Crippen molar-refractivity contribution < 1.29 is 28.5 Å². The van der Waals surface area contributed by atoms with Crippen LogP contribution in [0.4, 0.5) is 0 Å². The lowest BCUT2D eigenvalue weighted by atomic mass is 10.1. The zero-order valence-electron chi connectivity index (χ0n) is 16.4. The number of aryl methyl sites for hydroxylation is 1. The molecule has 0 spiro atoms. The molecule has 1 aliphatic heterocycles. The number of benzene rings is 1. The first-order chi connectivity index (χ1) is 13.5. The SMILES string of the molecule is COCCn1c(C)cc(C(=O)COC(=O)Cc2ccc3c(c2)OCCO3)c1C. The summed E-state index contributed by atoms with van der Waals surface area (Å²) in [5.41, 5.74) is 3.14. The van der Waals surface area contributed by atoms with Gasteiger partial charge >= 0.3 is 5.97 Å². The van der Waals surface area contributed by atoms with Crippen molar-refractivity contribution in [2.45, 2.75) is 26.8 Å². The van der Waals surface area contributed by atoms with Crippen LogP contribution < -0.4 is 9.47 Å². The molecular weight excluding hydrogens is 362 g/mol. The molecule has 2 heterocycles. The molecule has 2 aromatic rings. The van der Waals surface area contributed by atoms with Gasteiger partial charge in [0.25, 0.3) is 0 Å². The Kier molecular flexibility index (Phi) is 6.36. The lowest BCUT2D eigenvalue weighted by molar-refractivity contribution is -0.141. The molecule has 28 heavy (non-hydrogen) atoms. The minimum atomic E-state index is -0.460. The molecule has 0 saturated carbocycles. The number of hydrogen-bond donors (Lipinski definition) is 0. The second-order valence-corrected chi connectivity index (χ2v) is 6.67. The molecule has 0 aliphatic carbocycles. The number of fused-ring (bicyclic) bond motifs is 1. The highest BCUT2D eigenvalue weighted by atomic mass is 16.6. The summed E-state index contributed by atoms with van der Waals surface area (Å²) in [7, 11) is 1.64. The van der Waals surface area contributed by atoms with E-state index < -0.39 is 5.97 Å². The second-order valence-electron chi connectivity index (χ2n) is 6.67. The Balaban J connectivity index is 1.56. The summed E-state index contributed by atoms with van der Waals surface area (Å²) in [5, 5.41) is 0. The highest BCUT2D eigenvalue weighted by Crippen LogP contribution is 2.30. The number of rotatable bonds is 8. The number of ether oxygens (including phenoxy) is 4. The van der Waals surface area contributed by atoms with Gasteiger partial charge in [0.05, 0.1) is 13.0 Å². The number of ketones is 1. The van der Waals surface area contributed by atoms with Crippen molar-refractivity contribution >= 4 is 11.8 Å². The van der Waals surface area contributed by atoms with E-state index in [1.54, 1.807) is 25.3 Å². The fourth-order valence-electron chi connectivity index (χ4n) is 3.25. The molecule has 0 atom stereocenters. The minimum Gasteiger partial charge on any atom is -0.486 e. The lowest BCUT2D eigenvalue weighted by Crippen LogP contribution is -2.17. The van der Waals surface area contributed by atoms with E-state index in [1.165, 1.54) is 0 Å². The summed E-state index contributed by atoms with van der Waals surface area (Å²) in [4.78, 5) is 24.6. The van der Waals surface area contributed by atoms with Gasteiger partial charge in [-0.2, -0.15) is 0 Å². The van der Waals surface area contributed by atoms with E-state index in [9.17, 15) is 9.59 Å². The fraction of sp³-hybridized carbons (Fsp3) is 0.429. The molecule has 1 aliphatic rings. The normalized spacial score (nSPS) is 12.7. The molecule has 1 aromatic carbocycles. The zero-order valence-corrected chi connectivity index (χ0v) is 16.4. The minimum absolute atomic E-state index is 0.0663. The molecule has 0 unspecified atom stereocenters. The van der Waals surface area contributed by atoms with Crippen LogP contribution in [-0.2, 0) is 27.2 Å². The van der Waals surface area contributed by atoms with Crippen LogP contribution in [0, 0.1) is 13.8 Å². The molecule has 0 bridgehead atoms. The molecular formula is C21H25NO6. The van der Waals surface area contributed by atoms with Crippen molar-refractivity contribution in [1.29, 1.82) is 0 Å². The summed E-state index contributed by atoms with van der Waals surface area (Å²) < 4.78 is 23.3. The van der Waals surface area contributed by atoms with Crippen LogP contribution in [0.1, 0.15) is 27.3 Å². The molecule has 7 nitrogen and oxygen atoms in total. The molecule has 0 N–H and O–H groups in total. The van der Waals surface area contributed by atoms with E-state index in [0.717, 1.165) is 17.0 Å². The van der Waals surface area contributed by atoms with Crippen molar-refractivity contribution in [1.82, 2.24) is 4.57 Å². The number of hydrogen-bond acceptors (Lipinski definition) is 6. The summed E-state index contributed by atoms with van der Waals surface area (Å²) >= 11 is 0. The summed E-state index contributed by atoms with van der Waals surface area (Å²) in [6, 6.07) is 7.15. The molecule has 1 aromatic heterocycles. The fourth-order valence-corrected chi connectivity index (χ4v) is 3.25. The average molecular weight is 387 g/mol. The number of methoxy groups -OCH3 is 1. The van der Waals surface area contributed by atoms with Crippen LogP contribution in [0.5, 0.6) is 11.5 Å². The second kappa shape index (κ2) is 8.93. The van der Waals surface area contributed by atoms with Crippen molar-refractivity contribution in [3.05, 3.63) is 46.8 Å². The summed E-state index contributed by atoms with van der Waals surface area (Å²) in [6.45, 7) is 5.78. The van der Waals surface area contributed by atoms with Crippen molar-refractivity contribution in [3.8, 4) is 11.5 Å². The van der Waals surface area contributed by atoms with E-state index in [2.05, 4.69) is 0 Å². The number of aromatic nitrogens is 1. The third-order valence-electron chi connectivity index (χ3n) is 4.71. The Morgan fingerprint density at radius 2 is 1.86 bits per heavy atom. The molecule has 3 rings (SSSR count). The van der Waals surface area contributed by atoms with Crippen LogP contribution in [0.3, 0.4) is 0 Å². The molecule has 150 valence electrons. The van der Waals surface area contributed by atoms with E-state index in [4.69, 9.17) is 18.9 Å². The van der Waals surface area contributed by atoms with E-state index in [1.807, 2.05) is 24.5 Å². The van der Waals surface area contributed by atoms with E-state index in [0.29, 0.717) is 43.4 Å². The quantitative estimate of drug-likeness (QED) is 0.512. The van der Waals surface area contributed by atoms with Crippen LogP contribution >= 0.6 is 0 Å². The number of Topliss-reactive ketones (excluding diaryl/α,β-unsaturated/α-hetero) is 1. The van der Waals surface area contributed by atoms with E-state index >= 15 is 0 Å². The lowest BCUT2D eigenvalue weighted by Gasteiger charge is -2.18. The Morgan fingerprint density at radius 1 is 1.11 bits per heavy atom. The van der Waals surface area contributed by atoms with Gasteiger partial charge in [-0.15, -0.1) is 0 Å². The van der Waals surface area contributed by atoms with Crippen molar-refractivity contribution in [2.75, 3.05) is 33.5 Å². The highest BCUT2D eigenvalue weighted by Gasteiger charge is 2.18. The Labute approximate surface area is 164 Å². The molecule has 7 heteroatoms. The van der Waals surface area contributed by atoms with Gasteiger partial charge in [-0.1, -0.05) is 6.07 Å². The Bertz CT molecular complexity index is 870. The van der Waals surface area contributed by atoms with Gasteiger partial charge < -0.3 is 23.5 Å². The van der Waals surface area contributed by atoms with Crippen molar-refractivity contribution in [3.63, 3.8) is 0 Å². The molecule has 0 saturated heterocycles. The van der Waals surface area contributed by atoms with Crippen LogP contribution in [-0.4, -0.2) is 49.9 Å². The summed E-state index contributed by atoms with van der Waals surface area (Å²) in [5.74, 6) is 0.615. The predicted molar refractivity (Wildman–Crippen MR) is 102 cm³/mol. The Hall–Kier alpha value is -2.80. The van der Waals surface area contributed by atoms with Crippen LogP contribution in [0.2, 0.25) is 0 Å². The Morgan fingerprint density at radius 3 is 2.61 bits per heavy atom. The molecule has 0 radical (unpaired) electrons. The van der Waals surface area contributed by atoms with Gasteiger partial charge in [-0.3, -0.25) is 9.59 Å². The maximum Gasteiger partial charge on any atom is 0.310 e. The first-order valence-electron chi connectivity index (χ1n) is 9.22. The third kappa shape index (κ3) is 4.54. The number of carbonyl (C=O) groups excluding carboxylic acids is 2. The van der Waals surface area contributed by atoms with Gasteiger partial charge in [0, 0.05) is 30.6 Å². The topological polar surface area (TPSA) is 76.0 Å². The van der Waals surface area contributed by atoms with Crippen molar-refractivity contribution in [2.24, 2.45) is 0 Å². The number of carbonyl (C=O) groups is 2. The summed E-state index contributed by atoms with van der Waals surface area (Å²) in [6.07, 6.45) is 0.0663. The largest absolute Gasteiger partial charge is 0.486 e. The highest BCUT2D eigenvalue weighted by molar-refractivity contribution is 5.99. The maximum atomic E-state index is 12.5. The van der Waals surface area contributed by atoms with Gasteiger partial charge in [-0.05, 0) is 37.6 Å². The zero-order chi connectivity index (χ0) is 20.1. The monoisotopic (exact) mass is 387 g/mol. The predicted octanol–water partition coefficient (Wildman–Crippen LogP) is 2.49. The van der Waals surface area contributed by atoms with Crippen LogP contribution in [0.25, 0.3) is 0 Å². The third-order valence-corrected chi connectivity index (χ3v) is 4.71. The van der Waals surface area contributed by atoms with Crippen LogP contribution in [0.15, 0.2) is 24.3 Å². The van der Waals surface area contributed by atoms with Gasteiger partial charge in [0.15, 0.2) is 18.1 Å². The standard InChI is InChI=1S/C21H25NO6/c1-14-10-17(15(2)22(14)6-7-25-3)18(23)13-28-21(24)12-16-4-5-19-20(11-16)27-9-8-26-19/h4-5,10-11H,6-9,12-13H2,1-3H3. The first-order valence-corrected chi connectivity index (χ1v) is 9.22. The smallest absolute Gasteiger partial charge is 0.310 e.